The molecule has 24 heavy (non-hydrogen) atoms. The number of amides is 1. The molecule has 7 heteroatoms. The molecule has 0 bridgehead atoms. The van der Waals surface area contributed by atoms with Crippen LogP contribution in [0.1, 0.15) is 18.5 Å². The fourth-order valence-corrected chi connectivity index (χ4v) is 3.29. The summed E-state index contributed by atoms with van der Waals surface area (Å²) in [6, 6.07) is 7.83. The summed E-state index contributed by atoms with van der Waals surface area (Å²) >= 11 is 0. The van der Waals surface area contributed by atoms with E-state index in [9.17, 15) is 4.79 Å². The van der Waals surface area contributed by atoms with Crippen molar-refractivity contribution in [2.24, 2.45) is 5.41 Å². The number of carbonyl (C=O) groups is 1. The molecule has 2 heterocycles. The highest BCUT2D eigenvalue weighted by Gasteiger charge is 2.32. The van der Waals surface area contributed by atoms with E-state index < -0.39 is 0 Å². The molecule has 2 aromatic rings. The van der Waals surface area contributed by atoms with E-state index in [4.69, 9.17) is 4.74 Å². The number of nitrogens with one attached hydrogen (secondary N) is 3. The third-order valence-corrected chi connectivity index (χ3v) is 4.65. The molecule has 1 aromatic carbocycles. The Balaban J connectivity index is 0.00000208. The third kappa shape index (κ3) is 4.26. The molecule has 1 amide bonds. The summed E-state index contributed by atoms with van der Waals surface area (Å²) in [4.78, 5) is 12.3. The molecule has 132 valence electrons. The molecule has 1 saturated heterocycles. The Bertz CT molecular complexity index is 662. The zero-order chi connectivity index (χ0) is 16.1. The fraction of sp³-hybridized carbons (Fsp3) is 0.529. The molecule has 1 aliphatic heterocycles. The second kappa shape index (κ2) is 8.46. The Morgan fingerprint density at radius 3 is 2.83 bits per heavy atom. The standard InChI is InChI=1S/C17H24N4O2.ClH/c1-23-12-17(6-8-18-9-7-17)11-19-16(22)10-15-13-4-2-3-5-14(13)20-21-15;/h2-5,18H,6-12H2,1H3,(H,19,22)(H,20,21);1H. The minimum absolute atomic E-state index is 0. The van der Waals surface area contributed by atoms with Crippen LogP contribution in [-0.2, 0) is 16.0 Å². The number of carbonyl (C=O) groups excluding carboxylic acids is 1. The van der Waals surface area contributed by atoms with Gasteiger partial charge in [0, 0.05) is 24.5 Å². The number of benzene rings is 1. The molecular formula is C17H25ClN4O2. The molecule has 0 saturated carbocycles. The lowest BCUT2D eigenvalue weighted by Gasteiger charge is -2.37. The van der Waals surface area contributed by atoms with Crippen molar-refractivity contribution in [2.45, 2.75) is 19.3 Å². The van der Waals surface area contributed by atoms with E-state index >= 15 is 0 Å². The molecule has 1 fully saturated rings. The summed E-state index contributed by atoms with van der Waals surface area (Å²) < 4.78 is 5.39. The van der Waals surface area contributed by atoms with E-state index in [0.29, 0.717) is 19.6 Å². The van der Waals surface area contributed by atoms with Gasteiger partial charge in [0.1, 0.15) is 0 Å². The van der Waals surface area contributed by atoms with Crippen molar-refractivity contribution >= 4 is 29.2 Å². The van der Waals surface area contributed by atoms with Crippen LogP contribution in [0.15, 0.2) is 24.3 Å². The van der Waals surface area contributed by atoms with Gasteiger partial charge in [0.05, 0.1) is 24.2 Å². The molecule has 1 aliphatic rings. The molecule has 0 aliphatic carbocycles. The summed E-state index contributed by atoms with van der Waals surface area (Å²) in [5, 5.41) is 14.7. The largest absolute Gasteiger partial charge is 0.384 e. The minimum Gasteiger partial charge on any atom is -0.384 e. The number of nitrogens with zero attached hydrogens (tertiary/aromatic N) is 1. The Morgan fingerprint density at radius 2 is 2.08 bits per heavy atom. The van der Waals surface area contributed by atoms with E-state index in [2.05, 4.69) is 20.8 Å². The van der Waals surface area contributed by atoms with Crippen LogP contribution in [0.4, 0.5) is 0 Å². The highest BCUT2D eigenvalue weighted by Crippen LogP contribution is 2.28. The fourth-order valence-electron chi connectivity index (χ4n) is 3.29. The highest BCUT2D eigenvalue weighted by molar-refractivity contribution is 5.87. The van der Waals surface area contributed by atoms with Crippen molar-refractivity contribution in [2.75, 3.05) is 33.4 Å². The number of ether oxygens (including phenoxy) is 1. The first-order valence-corrected chi connectivity index (χ1v) is 8.11. The second-order valence-electron chi connectivity index (χ2n) is 6.36. The Morgan fingerprint density at radius 1 is 1.33 bits per heavy atom. The molecule has 3 rings (SSSR count). The van der Waals surface area contributed by atoms with E-state index in [1.54, 1.807) is 7.11 Å². The number of halogens is 1. The van der Waals surface area contributed by atoms with Gasteiger partial charge in [0.2, 0.25) is 5.91 Å². The van der Waals surface area contributed by atoms with Crippen molar-refractivity contribution < 1.29 is 9.53 Å². The first-order chi connectivity index (χ1) is 11.2. The van der Waals surface area contributed by atoms with Crippen molar-refractivity contribution in [1.82, 2.24) is 20.8 Å². The van der Waals surface area contributed by atoms with Crippen LogP contribution in [0.5, 0.6) is 0 Å². The smallest absolute Gasteiger partial charge is 0.226 e. The molecule has 0 spiro atoms. The maximum absolute atomic E-state index is 12.3. The lowest BCUT2D eigenvalue weighted by molar-refractivity contribution is -0.121. The lowest BCUT2D eigenvalue weighted by atomic mass is 9.79. The number of hydrogen-bond acceptors (Lipinski definition) is 4. The van der Waals surface area contributed by atoms with Crippen LogP contribution in [0, 0.1) is 5.41 Å². The predicted octanol–water partition coefficient (Wildman–Crippen LogP) is 1.66. The van der Waals surface area contributed by atoms with Gasteiger partial charge >= 0.3 is 0 Å². The molecule has 6 nitrogen and oxygen atoms in total. The minimum atomic E-state index is 0. The number of aromatic nitrogens is 2. The van der Waals surface area contributed by atoms with Gasteiger partial charge in [-0.1, -0.05) is 18.2 Å². The van der Waals surface area contributed by atoms with Crippen molar-refractivity contribution in [3.8, 4) is 0 Å². The zero-order valence-electron chi connectivity index (χ0n) is 13.9. The molecule has 0 radical (unpaired) electrons. The predicted molar refractivity (Wildman–Crippen MR) is 96.5 cm³/mol. The van der Waals surface area contributed by atoms with Gasteiger partial charge in [0.15, 0.2) is 0 Å². The van der Waals surface area contributed by atoms with Gasteiger partial charge in [-0.25, -0.2) is 0 Å². The van der Waals surface area contributed by atoms with E-state index in [1.165, 1.54) is 0 Å². The maximum Gasteiger partial charge on any atom is 0.226 e. The van der Waals surface area contributed by atoms with Crippen LogP contribution < -0.4 is 10.6 Å². The van der Waals surface area contributed by atoms with Gasteiger partial charge in [-0.15, -0.1) is 12.4 Å². The lowest BCUT2D eigenvalue weighted by Crippen LogP contribution is -2.47. The zero-order valence-corrected chi connectivity index (χ0v) is 14.7. The number of methoxy groups -OCH3 is 1. The molecule has 3 N–H and O–H groups in total. The van der Waals surface area contributed by atoms with Crippen LogP contribution >= 0.6 is 12.4 Å². The second-order valence-corrected chi connectivity index (χ2v) is 6.36. The van der Waals surface area contributed by atoms with Crippen LogP contribution in [0.2, 0.25) is 0 Å². The molecule has 0 unspecified atom stereocenters. The van der Waals surface area contributed by atoms with Crippen LogP contribution in [-0.4, -0.2) is 49.5 Å². The quantitative estimate of drug-likeness (QED) is 0.738. The number of aromatic amines is 1. The molecule has 1 aromatic heterocycles. The average molecular weight is 353 g/mol. The topological polar surface area (TPSA) is 79.0 Å². The van der Waals surface area contributed by atoms with E-state index in [-0.39, 0.29) is 23.7 Å². The molecule has 0 atom stereocenters. The van der Waals surface area contributed by atoms with Gasteiger partial charge < -0.3 is 15.4 Å². The number of hydrogen-bond donors (Lipinski definition) is 3. The van der Waals surface area contributed by atoms with Gasteiger partial charge in [-0.05, 0) is 32.0 Å². The van der Waals surface area contributed by atoms with Crippen molar-refractivity contribution in [3.63, 3.8) is 0 Å². The first-order valence-electron chi connectivity index (χ1n) is 8.11. The summed E-state index contributed by atoms with van der Waals surface area (Å²) in [5.74, 6) is 0.0217. The number of rotatable bonds is 6. The monoisotopic (exact) mass is 352 g/mol. The van der Waals surface area contributed by atoms with Gasteiger partial charge in [0.25, 0.3) is 0 Å². The van der Waals surface area contributed by atoms with Crippen molar-refractivity contribution in [3.05, 3.63) is 30.0 Å². The van der Waals surface area contributed by atoms with Gasteiger partial charge in [-0.2, -0.15) is 5.10 Å². The summed E-state index contributed by atoms with van der Waals surface area (Å²) in [6.45, 7) is 3.30. The number of piperidine rings is 1. The molecular weight excluding hydrogens is 328 g/mol. The first kappa shape index (κ1) is 18.7. The Hall–Kier alpha value is -1.63. The third-order valence-electron chi connectivity index (χ3n) is 4.65. The number of para-hydroxylation sites is 1. The van der Waals surface area contributed by atoms with E-state index in [0.717, 1.165) is 42.5 Å². The summed E-state index contributed by atoms with van der Waals surface area (Å²) in [6.07, 6.45) is 2.37. The normalized spacial score (nSPS) is 16.5. The number of fused-ring (bicyclic) bond motifs is 1. The SMILES string of the molecule is COCC1(CNC(=O)Cc2[nH]nc3ccccc23)CCNCC1.Cl. The van der Waals surface area contributed by atoms with Crippen molar-refractivity contribution in [1.29, 1.82) is 0 Å². The Labute approximate surface area is 148 Å². The summed E-state index contributed by atoms with van der Waals surface area (Å²) in [5.41, 5.74) is 1.81. The Kier molecular flexibility index (Phi) is 6.60. The average Bonchev–Trinajstić information content (AvgIpc) is 2.98. The summed E-state index contributed by atoms with van der Waals surface area (Å²) in [7, 11) is 1.72. The number of H-pyrrole nitrogens is 1. The van der Waals surface area contributed by atoms with Crippen LogP contribution in [0.3, 0.4) is 0 Å². The van der Waals surface area contributed by atoms with Crippen LogP contribution in [0.25, 0.3) is 10.9 Å². The van der Waals surface area contributed by atoms with E-state index in [1.807, 2.05) is 24.3 Å². The highest BCUT2D eigenvalue weighted by atomic mass is 35.5. The maximum atomic E-state index is 12.3. The van der Waals surface area contributed by atoms with Gasteiger partial charge in [-0.3, -0.25) is 9.89 Å².